The summed E-state index contributed by atoms with van der Waals surface area (Å²) >= 11 is 2.62. The van der Waals surface area contributed by atoms with Gasteiger partial charge in [0.15, 0.2) is 11.5 Å². The summed E-state index contributed by atoms with van der Waals surface area (Å²) in [6.07, 6.45) is 6.30. The Balaban J connectivity index is 1.20. The second kappa shape index (κ2) is 21.4. The average Bonchev–Trinajstić information content (AvgIpc) is 4.06. The van der Waals surface area contributed by atoms with E-state index in [1.54, 1.807) is 39.2 Å². The largest absolute Gasteiger partial charge is 0.491 e. The van der Waals surface area contributed by atoms with Gasteiger partial charge in [0.1, 0.15) is 21.7 Å². The monoisotopic (exact) mass is 999 g/mol. The maximum Gasteiger partial charge on any atom is 0.410 e. The summed E-state index contributed by atoms with van der Waals surface area (Å²) in [7, 11) is 0. The van der Waals surface area contributed by atoms with Gasteiger partial charge in [-0.3, -0.25) is 39.4 Å². The molecule has 0 spiro atoms. The fraction of sp³-hybridized carbons (Fsp3) is 0.426. The summed E-state index contributed by atoms with van der Waals surface area (Å²) in [5.74, 6) is -2.71. The van der Waals surface area contributed by atoms with E-state index in [-0.39, 0.29) is 66.7 Å². The number of halogens is 1. The molecule has 0 radical (unpaired) electrons. The first-order valence-electron chi connectivity index (χ1n) is 22.8. The van der Waals surface area contributed by atoms with Gasteiger partial charge in [-0.05, 0) is 84.9 Å². The van der Waals surface area contributed by atoms with Gasteiger partial charge < -0.3 is 35.0 Å². The van der Waals surface area contributed by atoms with Crippen LogP contribution in [0.1, 0.15) is 98.3 Å². The number of ether oxygens (including phenoxy) is 2. The highest BCUT2D eigenvalue weighted by Gasteiger charge is 2.28. The first-order chi connectivity index (χ1) is 33.3. The molecule has 372 valence electrons. The van der Waals surface area contributed by atoms with Gasteiger partial charge in [-0.15, -0.1) is 23.1 Å². The molecule has 23 heteroatoms. The van der Waals surface area contributed by atoms with Crippen LogP contribution in [0.3, 0.4) is 0 Å². The van der Waals surface area contributed by atoms with Gasteiger partial charge in [0.2, 0.25) is 23.7 Å². The van der Waals surface area contributed by atoms with Crippen molar-refractivity contribution in [1.82, 2.24) is 43.7 Å². The number of nitrogens with one attached hydrogen (secondary N) is 2. The van der Waals surface area contributed by atoms with E-state index in [1.165, 1.54) is 40.8 Å². The van der Waals surface area contributed by atoms with Crippen molar-refractivity contribution in [2.45, 2.75) is 91.4 Å². The van der Waals surface area contributed by atoms with E-state index in [0.717, 1.165) is 5.01 Å². The highest BCUT2D eigenvalue weighted by atomic mass is 32.2. The minimum atomic E-state index is -0.766. The fourth-order valence-electron chi connectivity index (χ4n) is 8.08. The summed E-state index contributed by atoms with van der Waals surface area (Å²) in [5, 5.41) is 10.6. The number of imidazole rings is 2. The molecule has 2 aromatic carbocycles. The Morgan fingerprint density at radius 3 is 2.04 bits per heavy atom. The molecule has 1 saturated heterocycles. The Morgan fingerprint density at radius 1 is 0.857 bits per heavy atom. The molecule has 4 aromatic heterocycles. The molecule has 1 aliphatic heterocycles. The van der Waals surface area contributed by atoms with E-state index >= 15 is 4.39 Å². The van der Waals surface area contributed by atoms with Gasteiger partial charge in [0.25, 0.3) is 11.8 Å². The lowest BCUT2D eigenvalue weighted by Gasteiger charge is -2.35. The number of hydrogen-bond acceptors (Lipinski definition) is 14. The zero-order chi connectivity index (χ0) is 50.6. The van der Waals surface area contributed by atoms with E-state index in [9.17, 15) is 24.0 Å². The number of carbonyl (C=O) groups is 5. The molecule has 0 aliphatic carbocycles. The highest BCUT2D eigenvalue weighted by molar-refractivity contribution is 7.98. The number of nitrogens with zero attached hydrogens (tertiary/aromatic N) is 9. The number of rotatable bonds is 18. The number of fused-ring (bicyclic) bond motifs is 2. The quantitative estimate of drug-likeness (QED) is 0.0415. The number of thiazole rings is 1. The number of benzene rings is 2. The van der Waals surface area contributed by atoms with Crippen LogP contribution in [0, 0.1) is 19.7 Å². The molecule has 7 rings (SSSR count). The van der Waals surface area contributed by atoms with Crippen molar-refractivity contribution in [2.75, 3.05) is 56.2 Å². The fourth-order valence-corrected chi connectivity index (χ4v) is 9.63. The number of piperazine rings is 1. The lowest BCUT2D eigenvalue weighted by Crippen LogP contribution is -2.50. The SMILES string of the molecule is CCc1nc(C)sc1C(=O)Nc1nc2cc(C(N)=O)cc(OCCCN3CCN(C(=O)OC(C)(C)C)CC3)c2n1C/C=C/Cn1c(NC(=O)c2c(F)c(C)nn2CC)nc2cc(C(N)=O)cc(SC)c21. The van der Waals surface area contributed by atoms with Crippen LogP contribution < -0.4 is 26.8 Å². The van der Waals surface area contributed by atoms with Crippen molar-refractivity contribution in [1.29, 1.82) is 0 Å². The molecule has 1 aliphatic rings. The molecular weight excluding hydrogens is 942 g/mol. The second-order valence-corrected chi connectivity index (χ2v) is 19.6. The molecule has 70 heavy (non-hydrogen) atoms. The third-order valence-electron chi connectivity index (χ3n) is 11.4. The van der Waals surface area contributed by atoms with E-state index < -0.39 is 35.0 Å². The van der Waals surface area contributed by atoms with Gasteiger partial charge in [0.05, 0.1) is 39.6 Å². The van der Waals surface area contributed by atoms with Gasteiger partial charge in [-0.25, -0.2) is 24.1 Å². The van der Waals surface area contributed by atoms with Crippen molar-refractivity contribution in [3.63, 3.8) is 0 Å². The van der Waals surface area contributed by atoms with Crippen LogP contribution in [-0.2, 0) is 30.8 Å². The van der Waals surface area contributed by atoms with Crippen LogP contribution in [-0.4, -0.2) is 125 Å². The third-order valence-corrected chi connectivity index (χ3v) is 13.2. The van der Waals surface area contributed by atoms with Gasteiger partial charge >= 0.3 is 6.09 Å². The molecule has 5 heterocycles. The van der Waals surface area contributed by atoms with Crippen molar-refractivity contribution in [3.05, 3.63) is 80.3 Å². The molecule has 0 unspecified atom stereocenters. The average molecular weight is 1000 g/mol. The maximum atomic E-state index is 15.3. The number of primary amides is 2. The van der Waals surface area contributed by atoms with Gasteiger partial charge in [-0.1, -0.05) is 19.1 Å². The number of nitrogens with two attached hydrogens (primary N) is 2. The molecule has 6 aromatic rings. The summed E-state index contributed by atoms with van der Waals surface area (Å²) in [4.78, 5) is 84.4. The number of aromatic nitrogens is 7. The van der Waals surface area contributed by atoms with Crippen LogP contribution in [0.25, 0.3) is 22.1 Å². The van der Waals surface area contributed by atoms with Crippen LogP contribution in [0.2, 0.25) is 0 Å². The Bertz CT molecular complexity index is 3010. The molecule has 1 fully saturated rings. The van der Waals surface area contributed by atoms with Crippen molar-refractivity contribution >= 4 is 86.8 Å². The standard InChI is InChI=1S/C47H58FN13O7S2/c1-9-30-39(70-27(4)51-30)43(65)55-45-52-31-22-28(40(49)62)24-33(67-21-13-14-57-17-19-58(20-18-57)46(66)68-47(5,6)7)36(31)59(45)15-11-12-16-60-37-32(23-29(41(50)63)25-34(37)69-8)53-44(60)54-42(64)38-35(48)26(3)56-61(38)10-2/h11-12,22-25H,9-10,13-21H2,1-8H3,(H2,49,62)(H2,50,63)(H,52,55,65)(H,53,54,64)/b12-11+. The lowest BCUT2D eigenvalue weighted by molar-refractivity contribution is 0.0141. The van der Waals surface area contributed by atoms with E-state index in [2.05, 4.69) is 30.6 Å². The summed E-state index contributed by atoms with van der Waals surface area (Å²) < 4.78 is 32.0. The molecular formula is C47H58FN13O7S2. The van der Waals surface area contributed by atoms with Crippen LogP contribution in [0.5, 0.6) is 5.75 Å². The number of hydrogen-bond donors (Lipinski definition) is 4. The number of amides is 5. The number of allylic oxidation sites excluding steroid dienone is 2. The topological polar surface area (TPSA) is 253 Å². The zero-order valence-electron chi connectivity index (χ0n) is 40.5. The molecule has 0 atom stereocenters. The van der Waals surface area contributed by atoms with E-state index in [1.807, 2.05) is 53.0 Å². The van der Waals surface area contributed by atoms with Crippen LogP contribution in [0.4, 0.5) is 21.1 Å². The first-order valence-corrected chi connectivity index (χ1v) is 24.9. The lowest BCUT2D eigenvalue weighted by atomic mass is 10.1. The minimum absolute atomic E-state index is 0.0705. The Kier molecular flexibility index (Phi) is 15.6. The van der Waals surface area contributed by atoms with Crippen LogP contribution >= 0.6 is 23.1 Å². The predicted molar refractivity (Wildman–Crippen MR) is 267 cm³/mol. The van der Waals surface area contributed by atoms with Crippen molar-refractivity contribution in [3.8, 4) is 5.75 Å². The molecule has 6 N–H and O–H groups in total. The van der Waals surface area contributed by atoms with E-state index in [0.29, 0.717) is 88.8 Å². The maximum absolute atomic E-state index is 15.3. The zero-order valence-corrected chi connectivity index (χ0v) is 42.1. The van der Waals surface area contributed by atoms with Crippen LogP contribution in [0.15, 0.2) is 41.3 Å². The predicted octanol–water partition coefficient (Wildman–Crippen LogP) is 6.38. The molecule has 5 amide bonds. The van der Waals surface area contributed by atoms with E-state index in [4.69, 9.17) is 25.9 Å². The van der Waals surface area contributed by atoms with Crippen molar-refractivity contribution in [2.24, 2.45) is 11.5 Å². The Labute approximate surface area is 411 Å². The third kappa shape index (κ3) is 11.3. The summed E-state index contributed by atoms with van der Waals surface area (Å²) in [5.41, 5.74) is 13.5. The first kappa shape index (κ1) is 51.0. The number of thioether (sulfide) groups is 1. The molecule has 0 bridgehead atoms. The summed E-state index contributed by atoms with van der Waals surface area (Å²) in [6.45, 7) is 16.3. The molecule has 20 nitrogen and oxygen atoms in total. The Hall–Kier alpha value is -6.85. The smallest absolute Gasteiger partial charge is 0.410 e. The number of aryl methyl sites for hydroxylation is 4. The minimum Gasteiger partial charge on any atom is -0.491 e. The van der Waals surface area contributed by atoms with Crippen molar-refractivity contribution < 1.29 is 37.8 Å². The highest BCUT2D eigenvalue weighted by Crippen LogP contribution is 2.34. The normalized spacial score (nSPS) is 13.4. The number of anilines is 2. The Morgan fingerprint density at radius 2 is 1.46 bits per heavy atom. The van der Waals surface area contributed by atoms with Gasteiger partial charge in [0, 0.05) is 68.4 Å². The second-order valence-electron chi connectivity index (χ2n) is 17.5. The number of carbonyl (C=O) groups excluding carboxylic acids is 5. The van der Waals surface area contributed by atoms with Gasteiger partial charge in [-0.2, -0.15) is 5.10 Å². The summed E-state index contributed by atoms with van der Waals surface area (Å²) in [6, 6.07) is 6.29. The molecule has 0 saturated carbocycles.